The quantitative estimate of drug-likeness (QED) is 0.0684. The average Bonchev–Trinajstić information content (AvgIpc) is 3.45. The fraction of sp³-hybridized carbons (Fsp3) is 0.273. The molecule has 2 saturated heterocycles. The van der Waals surface area contributed by atoms with Crippen molar-refractivity contribution in [1.29, 1.82) is 0 Å². The van der Waals surface area contributed by atoms with Crippen molar-refractivity contribution in [3.63, 3.8) is 0 Å². The Labute approximate surface area is 294 Å². The Kier molecular flexibility index (Phi) is 8.06. The van der Waals surface area contributed by atoms with E-state index in [9.17, 15) is 47.5 Å². The molecule has 3 aromatic rings. The number of benzene rings is 3. The lowest BCUT2D eigenvalue weighted by molar-refractivity contribution is -0.125. The minimum atomic E-state index is -2.83. The van der Waals surface area contributed by atoms with E-state index in [0.717, 1.165) is 11.0 Å². The summed E-state index contributed by atoms with van der Waals surface area (Å²) in [5.41, 5.74) is -2.07. The monoisotopic (exact) mass is 750 g/mol. The SMILES string of the molecule is COc1ccc(O)c([C@H]2C3=CC[C@@H]4C(=O)N(c5cccc(B(O)O)c5)C(=O)[C@@H]4[C@@H]3C[C@@]3(Cl)C(=O)N(c4c(F)c(F)c(F)c(F)c4F)C(=O)[C@@]23Cl)c1. The predicted octanol–water partition coefficient (Wildman–Crippen LogP) is 3.54. The zero-order valence-electron chi connectivity index (χ0n) is 25.8. The average molecular weight is 751 g/mol. The number of ether oxygens (including phenoxy) is 1. The number of aromatic hydroxyl groups is 1. The van der Waals surface area contributed by atoms with Gasteiger partial charge in [0.25, 0.3) is 11.8 Å². The van der Waals surface area contributed by atoms with E-state index < -0.39 is 111 Å². The van der Waals surface area contributed by atoms with Gasteiger partial charge in [-0.2, -0.15) is 0 Å². The van der Waals surface area contributed by atoms with Crippen LogP contribution in [0.15, 0.2) is 54.1 Å². The minimum absolute atomic E-state index is 0.0127. The molecule has 0 unspecified atom stereocenters. The second-order valence-electron chi connectivity index (χ2n) is 12.6. The van der Waals surface area contributed by atoms with Crippen molar-refractivity contribution in [2.24, 2.45) is 17.8 Å². The van der Waals surface area contributed by atoms with E-state index in [1.807, 2.05) is 0 Å². The molecule has 3 fully saturated rings. The lowest BCUT2D eigenvalue weighted by atomic mass is 9.56. The van der Waals surface area contributed by atoms with E-state index in [1.165, 1.54) is 49.6 Å². The van der Waals surface area contributed by atoms with Gasteiger partial charge in [0.15, 0.2) is 33.0 Å². The Balaban J connectivity index is 1.43. The van der Waals surface area contributed by atoms with Gasteiger partial charge >= 0.3 is 7.12 Å². The van der Waals surface area contributed by atoms with Crippen LogP contribution in [0.2, 0.25) is 0 Å². The summed E-state index contributed by atoms with van der Waals surface area (Å²) in [5, 5.41) is 30.5. The number of hydrogen-bond donors (Lipinski definition) is 3. The highest BCUT2D eigenvalue weighted by molar-refractivity contribution is 6.59. The first-order valence-electron chi connectivity index (χ1n) is 15.2. The van der Waals surface area contributed by atoms with Gasteiger partial charge in [0.2, 0.25) is 17.6 Å². The van der Waals surface area contributed by atoms with Crippen LogP contribution in [-0.4, -0.2) is 62.8 Å². The number of carbonyl (C=O) groups excluding carboxylic acids is 4. The highest BCUT2D eigenvalue weighted by atomic mass is 35.5. The lowest BCUT2D eigenvalue weighted by Crippen LogP contribution is -2.60. The molecule has 18 heteroatoms. The molecule has 2 aliphatic heterocycles. The van der Waals surface area contributed by atoms with Gasteiger partial charge in [-0.1, -0.05) is 23.8 Å². The zero-order chi connectivity index (χ0) is 37.1. The summed E-state index contributed by atoms with van der Waals surface area (Å²) in [5.74, 6) is -23.2. The van der Waals surface area contributed by atoms with Crippen molar-refractivity contribution in [3.8, 4) is 11.5 Å². The number of phenols is 1. The minimum Gasteiger partial charge on any atom is -0.508 e. The normalized spacial score (nSPS) is 28.5. The summed E-state index contributed by atoms with van der Waals surface area (Å²) < 4.78 is 78.6. The Bertz CT molecular complexity index is 2110. The summed E-state index contributed by atoms with van der Waals surface area (Å²) in [4.78, 5) is 51.6. The maximum atomic E-state index is 15.2. The molecule has 6 atom stereocenters. The highest BCUT2D eigenvalue weighted by Gasteiger charge is 2.77. The standard InChI is InChI=1S/C33H22BCl2F5N2O8/c1-51-14-5-8-19(44)17(10-14)21-15-6-7-16-20(29(46)42(28(16)45)13-4-2-3-12(9-13)34(49)50)18(15)11-32(35)30(47)43(31(48)33(21,32)36)27-25(40)23(38)22(37)24(39)26(27)41/h2-6,8-10,16,18,20-21,44,49-50H,7,11H2,1H3/t16-,18+,20-,21+,32+,33-/m0/s1. The number of amides is 4. The number of imide groups is 2. The van der Waals surface area contributed by atoms with Crippen LogP contribution in [0, 0.1) is 46.8 Å². The molecule has 264 valence electrons. The number of carbonyl (C=O) groups is 4. The van der Waals surface area contributed by atoms with Gasteiger partial charge < -0.3 is 19.9 Å². The highest BCUT2D eigenvalue weighted by Crippen LogP contribution is 2.67. The lowest BCUT2D eigenvalue weighted by Gasteiger charge is -2.50. The van der Waals surface area contributed by atoms with Gasteiger partial charge in [-0.3, -0.25) is 24.1 Å². The summed E-state index contributed by atoms with van der Waals surface area (Å²) in [7, 11) is -0.674. The van der Waals surface area contributed by atoms with Gasteiger partial charge in [-0.25, -0.2) is 26.9 Å². The third-order valence-corrected chi connectivity index (χ3v) is 11.6. The number of anilines is 2. The maximum absolute atomic E-state index is 15.2. The first-order chi connectivity index (χ1) is 24.0. The number of alkyl halides is 2. The molecule has 7 rings (SSSR count). The number of halogens is 7. The Hall–Kier alpha value is -4.51. The van der Waals surface area contributed by atoms with E-state index in [0.29, 0.717) is 0 Å². The van der Waals surface area contributed by atoms with E-state index >= 15 is 8.78 Å². The van der Waals surface area contributed by atoms with E-state index in [2.05, 4.69) is 0 Å². The fourth-order valence-electron chi connectivity index (χ4n) is 7.88. The van der Waals surface area contributed by atoms with Crippen LogP contribution in [0.3, 0.4) is 0 Å². The Morgan fingerprint density at radius 1 is 0.843 bits per heavy atom. The van der Waals surface area contributed by atoms with E-state index in [1.54, 1.807) is 0 Å². The first-order valence-corrected chi connectivity index (χ1v) is 16.0. The molecular formula is C33H22BCl2F5N2O8. The fourth-order valence-corrected chi connectivity index (χ4v) is 8.81. The number of methoxy groups -OCH3 is 1. The molecular weight excluding hydrogens is 729 g/mol. The Morgan fingerprint density at radius 3 is 2.12 bits per heavy atom. The molecule has 0 spiro atoms. The van der Waals surface area contributed by atoms with Crippen LogP contribution < -0.4 is 20.0 Å². The van der Waals surface area contributed by atoms with Crippen molar-refractivity contribution in [2.45, 2.75) is 28.5 Å². The molecule has 4 aliphatic rings. The third-order valence-electron chi connectivity index (χ3n) is 10.2. The Morgan fingerprint density at radius 2 is 1.49 bits per heavy atom. The third kappa shape index (κ3) is 4.55. The van der Waals surface area contributed by atoms with Crippen molar-refractivity contribution < 1.29 is 61.0 Å². The summed E-state index contributed by atoms with van der Waals surface area (Å²) in [6.07, 6.45) is 0.579. The van der Waals surface area contributed by atoms with Gasteiger partial charge in [-0.15, -0.1) is 23.2 Å². The largest absolute Gasteiger partial charge is 0.508 e. The van der Waals surface area contributed by atoms with Gasteiger partial charge in [-0.05, 0) is 54.6 Å². The molecule has 3 aromatic carbocycles. The summed E-state index contributed by atoms with van der Waals surface area (Å²) in [6, 6.07) is 9.01. The molecule has 0 bridgehead atoms. The molecule has 2 heterocycles. The molecule has 4 amide bonds. The number of fused-ring (bicyclic) bond motifs is 4. The molecule has 51 heavy (non-hydrogen) atoms. The van der Waals surface area contributed by atoms with E-state index in [4.69, 9.17) is 27.9 Å². The molecule has 0 aromatic heterocycles. The van der Waals surface area contributed by atoms with Crippen LogP contribution in [0.5, 0.6) is 11.5 Å². The van der Waals surface area contributed by atoms with Gasteiger partial charge in [0, 0.05) is 11.5 Å². The van der Waals surface area contributed by atoms with Crippen LogP contribution in [-0.2, 0) is 19.2 Å². The molecule has 3 N–H and O–H groups in total. The van der Waals surface area contributed by atoms with Crippen molar-refractivity contribution in [1.82, 2.24) is 0 Å². The van der Waals surface area contributed by atoms with Gasteiger partial charge in [0.1, 0.15) is 17.2 Å². The van der Waals surface area contributed by atoms with Crippen LogP contribution >= 0.6 is 23.2 Å². The molecule has 10 nitrogen and oxygen atoms in total. The van der Waals surface area contributed by atoms with Crippen molar-refractivity contribution in [2.75, 3.05) is 16.9 Å². The van der Waals surface area contributed by atoms with Crippen molar-refractivity contribution >= 4 is 70.8 Å². The number of nitrogens with zero attached hydrogens (tertiary/aromatic N) is 2. The summed E-state index contributed by atoms with van der Waals surface area (Å²) in [6.45, 7) is 0. The van der Waals surface area contributed by atoms with Crippen molar-refractivity contribution in [3.05, 3.63) is 88.8 Å². The second-order valence-corrected chi connectivity index (χ2v) is 13.8. The topological polar surface area (TPSA) is 145 Å². The van der Waals surface area contributed by atoms with Crippen LogP contribution in [0.4, 0.5) is 33.3 Å². The first kappa shape index (κ1) is 34.9. The molecule has 1 saturated carbocycles. The summed E-state index contributed by atoms with van der Waals surface area (Å²) >= 11 is 14.2. The molecule has 2 aliphatic carbocycles. The van der Waals surface area contributed by atoms with Crippen LogP contribution in [0.1, 0.15) is 24.3 Å². The number of phenolic OH excluding ortho intramolecular Hbond substituents is 1. The number of hydrogen-bond acceptors (Lipinski definition) is 8. The smallest absolute Gasteiger partial charge is 0.488 e. The predicted molar refractivity (Wildman–Crippen MR) is 170 cm³/mol. The molecule has 0 radical (unpaired) electrons. The number of allylic oxidation sites excluding steroid dienone is 2. The second kappa shape index (κ2) is 11.8. The van der Waals surface area contributed by atoms with E-state index in [-0.39, 0.29) is 39.4 Å². The zero-order valence-corrected chi connectivity index (χ0v) is 27.4. The maximum Gasteiger partial charge on any atom is 0.488 e. The number of rotatable bonds is 5. The van der Waals surface area contributed by atoms with Crippen LogP contribution in [0.25, 0.3) is 0 Å². The van der Waals surface area contributed by atoms with Gasteiger partial charge in [0.05, 0.1) is 24.6 Å².